The van der Waals surface area contributed by atoms with Crippen molar-refractivity contribution in [2.45, 2.75) is 104 Å². The molecule has 0 aliphatic heterocycles. The number of carbonyl (C=O) groups is 2. The summed E-state index contributed by atoms with van der Waals surface area (Å²) < 4.78 is 21.2. The maximum Gasteiger partial charge on any atom is 0.309 e. The van der Waals surface area contributed by atoms with Crippen LogP contribution in [0.4, 0.5) is 0 Å². The Hall–Kier alpha value is -0.950. The molecule has 218 valence electrons. The van der Waals surface area contributed by atoms with Gasteiger partial charge in [-0.3, -0.25) is 14.2 Å². The third-order valence-electron chi connectivity index (χ3n) is 11.5. The first-order valence-corrected chi connectivity index (χ1v) is 17.0. The molecule has 0 radical (unpaired) electrons. The van der Waals surface area contributed by atoms with Crippen LogP contribution in [0.1, 0.15) is 91.4 Å². The van der Waals surface area contributed by atoms with Crippen LogP contribution in [0.5, 0.6) is 0 Å². The van der Waals surface area contributed by atoms with Crippen LogP contribution in [-0.2, 0) is 23.6 Å². The molecule has 0 heterocycles. The quantitative estimate of drug-likeness (QED) is 0.211. The summed E-state index contributed by atoms with van der Waals surface area (Å²) in [6.07, 6.45) is 8.31. The van der Waals surface area contributed by atoms with Crippen LogP contribution < -0.4 is 0 Å². The number of rotatable bonds is 9. The van der Waals surface area contributed by atoms with E-state index in [4.69, 9.17) is 9.47 Å². The molecule has 38 heavy (non-hydrogen) atoms. The Morgan fingerprint density at radius 2 is 1.66 bits per heavy atom. The first-order valence-electron chi connectivity index (χ1n) is 14.7. The van der Waals surface area contributed by atoms with Crippen LogP contribution >= 0.6 is 7.37 Å². The van der Waals surface area contributed by atoms with Crippen LogP contribution in [0, 0.1) is 46.3 Å². The molecule has 0 aromatic heterocycles. The summed E-state index contributed by atoms with van der Waals surface area (Å²) >= 11 is 0. The lowest BCUT2D eigenvalue weighted by Crippen LogP contribution is -2.58. The number of hydrogen-bond acceptors (Lipinski definition) is 7. The molecule has 0 saturated heterocycles. The molecule has 9 heteroatoms. The summed E-state index contributed by atoms with van der Waals surface area (Å²) in [5.74, 6) is 1.72. The van der Waals surface area contributed by atoms with E-state index in [0.29, 0.717) is 36.0 Å². The van der Waals surface area contributed by atoms with Gasteiger partial charge in [-0.2, -0.15) is 0 Å². The molecular formula is C29H49O8P. The van der Waals surface area contributed by atoms with Gasteiger partial charge >= 0.3 is 11.9 Å². The van der Waals surface area contributed by atoms with Crippen molar-refractivity contribution in [1.29, 1.82) is 0 Å². The third kappa shape index (κ3) is 6.04. The lowest BCUT2D eigenvalue weighted by atomic mass is 9.43. The van der Waals surface area contributed by atoms with E-state index in [-0.39, 0.29) is 48.0 Å². The first kappa shape index (κ1) is 30.0. The number of aliphatic hydroxyl groups excluding tert-OH is 2. The zero-order valence-electron chi connectivity index (χ0n) is 23.6. The minimum absolute atomic E-state index is 0.150. The topological polar surface area (TPSA) is 130 Å². The predicted octanol–water partition coefficient (Wildman–Crippen LogP) is 4.73. The maximum absolute atomic E-state index is 12.3. The summed E-state index contributed by atoms with van der Waals surface area (Å²) in [5.41, 5.74) is 0.0679. The molecule has 11 atom stereocenters. The zero-order chi connectivity index (χ0) is 27.9. The van der Waals surface area contributed by atoms with Crippen molar-refractivity contribution < 1.29 is 38.7 Å². The Bertz CT molecular complexity index is 918. The second-order valence-corrected chi connectivity index (χ2v) is 16.1. The predicted molar refractivity (Wildman–Crippen MR) is 143 cm³/mol. The molecule has 4 rings (SSSR count). The number of ether oxygens (including phenoxy) is 2. The summed E-state index contributed by atoms with van der Waals surface area (Å²) in [6, 6.07) is 0. The maximum atomic E-state index is 12.3. The molecule has 0 bridgehead atoms. The third-order valence-corrected chi connectivity index (χ3v) is 12.5. The van der Waals surface area contributed by atoms with Crippen molar-refractivity contribution in [3.63, 3.8) is 0 Å². The van der Waals surface area contributed by atoms with Crippen molar-refractivity contribution in [1.82, 2.24) is 0 Å². The van der Waals surface area contributed by atoms with Gasteiger partial charge in [0.1, 0.15) is 0 Å². The lowest BCUT2D eigenvalue weighted by Gasteiger charge is -2.62. The standard InChI is InChI=1S/C29H49O8P/c1-18(5-10-26(32)36-17-37-27(33)12-14-38(4,34)35)22-8-9-23-21-7-6-19-15-20(30)11-13-28(19,2)24(21)16-25(31)29(22,23)3/h18-25,30-31H,5-17H2,1-4H3,(H,34,35)/t18-,19-,20-,21?,22?,23?,24?,25+,28+,29-/m1/s1. The van der Waals surface area contributed by atoms with Crippen LogP contribution in [0.25, 0.3) is 0 Å². The van der Waals surface area contributed by atoms with Crippen LogP contribution in [0.3, 0.4) is 0 Å². The molecule has 3 N–H and O–H groups in total. The fourth-order valence-electron chi connectivity index (χ4n) is 9.31. The highest BCUT2D eigenvalue weighted by atomic mass is 31.2. The molecule has 0 amide bonds. The minimum atomic E-state index is -3.28. The molecule has 0 aromatic rings. The fourth-order valence-corrected chi connectivity index (χ4v) is 9.91. The van der Waals surface area contributed by atoms with E-state index in [9.17, 15) is 29.3 Å². The van der Waals surface area contributed by atoms with E-state index >= 15 is 0 Å². The van der Waals surface area contributed by atoms with Crippen molar-refractivity contribution >= 4 is 19.3 Å². The van der Waals surface area contributed by atoms with Crippen molar-refractivity contribution in [3.8, 4) is 0 Å². The van der Waals surface area contributed by atoms with Gasteiger partial charge in [-0.25, -0.2) is 0 Å². The largest absolute Gasteiger partial charge is 0.428 e. The van der Waals surface area contributed by atoms with E-state index in [1.165, 1.54) is 19.5 Å². The van der Waals surface area contributed by atoms with Crippen LogP contribution in [0.15, 0.2) is 0 Å². The highest BCUT2D eigenvalue weighted by molar-refractivity contribution is 7.57. The number of fused-ring (bicyclic) bond motifs is 5. The van der Waals surface area contributed by atoms with Gasteiger partial charge in [-0.1, -0.05) is 20.8 Å². The lowest BCUT2D eigenvalue weighted by molar-refractivity contribution is -0.175. The summed E-state index contributed by atoms with van der Waals surface area (Å²) in [6.45, 7) is 7.62. The number of aliphatic hydroxyl groups is 2. The Kier molecular flexibility index (Phi) is 9.09. The monoisotopic (exact) mass is 556 g/mol. The summed E-state index contributed by atoms with van der Waals surface area (Å²) in [4.78, 5) is 33.2. The molecule has 0 aromatic carbocycles. The Morgan fingerprint density at radius 1 is 0.974 bits per heavy atom. The number of esters is 2. The van der Waals surface area contributed by atoms with E-state index in [0.717, 1.165) is 38.5 Å². The molecule has 4 saturated carbocycles. The van der Waals surface area contributed by atoms with Crippen LogP contribution in [0.2, 0.25) is 0 Å². The Labute approximate surface area is 227 Å². The molecule has 0 spiro atoms. The van der Waals surface area contributed by atoms with E-state index < -0.39 is 26.1 Å². The van der Waals surface area contributed by atoms with Gasteiger partial charge < -0.3 is 24.6 Å². The van der Waals surface area contributed by atoms with Crippen LogP contribution in [-0.4, -0.2) is 58.9 Å². The van der Waals surface area contributed by atoms with E-state index in [1.54, 1.807) is 0 Å². The van der Waals surface area contributed by atoms with Gasteiger partial charge in [0.05, 0.1) is 18.6 Å². The van der Waals surface area contributed by atoms with Gasteiger partial charge in [0.25, 0.3) is 0 Å². The van der Waals surface area contributed by atoms with Crippen molar-refractivity contribution in [2.75, 3.05) is 19.6 Å². The van der Waals surface area contributed by atoms with Gasteiger partial charge in [0.2, 0.25) is 6.79 Å². The van der Waals surface area contributed by atoms with Gasteiger partial charge in [-0.05, 0) is 104 Å². The molecule has 4 aliphatic rings. The average molecular weight is 557 g/mol. The second kappa shape index (κ2) is 11.5. The molecule has 4 fully saturated rings. The van der Waals surface area contributed by atoms with Gasteiger partial charge in [-0.15, -0.1) is 0 Å². The highest BCUT2D eigenvalue weighted by Gasteiger charge is 2.63. The highest BCUT2D eigenvalue weighted by Crippen LogP contribution is 2.68. The number of hydrogen-bond donors (Lipinski definition) is 3. The first-order chi connectivity index (χ1) is 17.8. The smallest absolute Gasteiger partial charge is 0.309 e. The zero-order valence-corrected chi connectivity index (χ0v) is 24.5. The normalized spacial score (nSPS) is 42.7. The van der Waals surface area contributed by atoms with Crippen molar-refractivity contribution in [3.05, 3.63) is 0 Å². The van der Waals surface area contributed by atoms with E-state index in [2.05, 4.69) is 20.8 Å². The Morgan fingerprint density at radius 3 is 2.34 bits per heavy atom. The van der Waals surface area contributed by atoms with Gasteiger partial charge in [0, 0.05) is 19.2 Å². The summed E-state index contributed by atoms with van der Waals surface area (Å²) in [7, 11) is -3.28. The SMILES string of the molecule is C[C@H](CCC(=O)OCOC(=O)CCP(C)(=O)O)C1CCC2C3CC[C@@H]4C[C@H](O)CC[C@]4(C)C3C[C@H](O)[C@@]21C. The summed E-state index contributed by atoms with van der Waals surface area (Å²) in [5, 5.41) is 22.0. The molecule has 5 unspecified atom stereocenters. The Balaban J connectivity index is 1.29. The molecular weight excluding hydrogens is 507 g/mol. The van der Waals surface area contributed by atoms with Crippen molar-refractivity contribution in [2.24, 2.45) is 46.3 Å². The average Bonchev–Trinajstić information content (AvgIpc) is 3.21. The van der Waals surface area contributed by atoms with E-state index in [1.807, 2.05) is 0 Å². The molecule has 4 aliphatic carbocycles. The fraction of sp³-hybridized carbons (Fsp3) is 0.931. The second-order valence-electron chi connectivity index (χ2n) is 13.6. The minimum Gasteiger partial charge on any atom is -0.428 e. The number of carbonyl (C=O) groups excluding carboxylic acids is 2. The molecule has 8 nitrogen and oxygen atoms in total. The van der Waals surface area contributed by atoms with Gasteiger partial charge in [0.15, 0.2) is 7.37 Å².